The van der Waals surface area contributed by atoms with Crippen LogP contribution in [-0.4, -0.2) is 35.7 Å². The van der Waals surface area contributed by atoms with Crippen molar-refractivity contribution in [3.05, 3.63) is 53.2 Å². The van der Waals surface area contributed by atoms with Gasteiger partial charge in [-0.2, -0.15) is 13.2 Å². The van der Waals surface area contributed by atoms with Gasteiger partial charge in [-0.05, 0) is 61.3 Å². The minimum absolute atomic E-state index is 0.198. The van der Waals surface area contributed by atoms with E-state index < -0.39 is 11.7 Å². The van der Waals surface area contributed by atoms with Crippen molar-refractivity contribution in [1.29, 1.82) is 0 Å². The summed E-state index contributed by atoms with van der Waals surface area (Å²) in [4.78, 5) is 14.2. The number of hydrogen-bond donors (Lipinski definition) is 1. The van der Waals surface area contributed by atoms with Crippen LogP contribution in [-0.2, 0) is 12.6 Å². The number of carbonyl (C=O) groups excluding carboxylic acids is 1. The van der Waals surface area contributed by atoms with E-state index in [0.29, 0.717) is 43.1 Å². The fraction of sp³-hybridized carbons (Fsp3) is 0.522. The Morgan fingerprint density at radius 3 is 2.39 bits per heavy atom. The molecule has 4 rings (SSSR count). The number of rotatable bonds is 7. The van der Waals surface area contributed by atoms with Gasteiger partial charge in [-0.3, -0.25) is 4.79 Å². The highest BCUT2D eigenvalue weighted by Gasteiger charge is 2.33. The van der Waals surface area contributed by atoms with Gasteiger partial charge in [0.2, 0.25) is 0 Å². The first-order chi connectivity index (χ1) is 14.9. The van der Waals surface area contributed by atoms with Gasteiger partial charge in [0.1, 0.15) is 0 Å². The molecule has 1 aliphatic heterocycles. The van der Waals surface area contributed by atoms with Gasteiger partial charge in [-0.1, -0.05) is 31.0 Å². The second-order valence-corrected chi connectivity index (χ2v) is 8.55. The summed E-state index contributed by atoms with van der Waals surface area (Å²) in [6.45, 7) is 2.08. The van der Waals surface area contributed by atoms with Crippen LogP contribution in [0, 0.1) is 11.8 Å². The van der Waals surface area contributed by atoms with E-state index in [1.165, 1.54) is 18.9 Å². The maximum Gasteiger partial charge on any atom is 0.416 e. The monoisotopic (exact) mass is 432 g/mol. The van der Waals surface area contributed by atoms with E-state index >= 15 is 0 Å². The molecule has 1 amide bonds. The Morgan fingerprint density at radius 2 is 1.74 bits per heavy atom. The Morgan fingerprint density at radius 1 is 1.00 bits per heavy atom. The number of amides is 1. The van der Waals surface area contributed by atoms with Crippen LogP contribution >= 0.6 is 0 Å². The van der Waals surface area contributed by atoms with Crippen molar-refractivity contribution in [2.24, 2.45) is 11.8 Å². The number of benzene rings is 1. The first-order valence-electron chi connectivity index (χ1n) is 10.9. The molecule has 2 aromatic rings. The van der Waals surface area contributed by atoms with Crippen molar-refractivity contribution < 1.29 is 18.0 Å². The number of aromatic nitrogens is 2. The molecule has 0 bridgehead atoms. The summed E-state index contributed by atoms with van der Waals surface area (Å²) < 4.78 is 39.7. The molecule has 0 spiro atoms. The zero-order valence-electron chi connectivity index (χ0n) is 17.4. The summed E-state index contributed by atoms with van der Waals surface area (Å²) in [5, 5.41) is 11.1. The minimum atomic E-state index is -4.32. The number of anilines is 1. The average molecular weight is 432 g/mol. The summed E-state index contributed by atoms with van der Waals surface area (Å²) >= 11 is 0. The van der Waals surface area contributed by atoms with Gasteiger partial charge in [-0.15, -0.1) is 10.2 Å². The zero-order valence-corrected chi connectivity index (χ0v) is 17.4. The van der Waals surface area contributed by atoms with Gasteiger partial charge in [0, 0.05) is 19.6 Å². The molecule has 0 atom stereocenters. The minimum Gasteiger partial charge on any atom is -0.355 e. The van der Waals surface area contributed by atoms with E-state index in [0.717, 1.165) is 31.2 Å². The SMILES string of the molecule is O=C(NCCC1CC1)c1ccc(N2CCC(Cc3ccccc3C(F)(F)F)CC2)nn1. The number of alkyl halides is 3. The highest BCUT2D eigenvalue weighted by atomic mass is 19.4. The molecule has 1 aliphatic carbocycles. The van der Waals surface area contributed by atoms with Crippen LogP contribution in [0.4, 0.5) is 19.0 Å². The molecule has 0 unspecified atom stereocenters. The summed E-state index contributed by atoms with van der Waals surface area (Å²) in [5.74, 6) is 1.45. The van der Waals surface area contributed by atoms with Crippen molar-refractivity contribution >= 4 is 11.7 Å². The highest BCUT2D eigenvalue weighted by molar-refractivity contribution is 5.92. The van der Waals surface area contributed by atoms with E-state index in [1.807, 2.05) is 0 Å². The van der Waals surface area contributed by atoms with Gasteiger partial charge >= 0.3 is 6.18 Å². The maximum absolute atomic E-state index is 13.2. The Balaban J connectivity index is 1.28. The van der Waals surface area contributed by atoms with E-state index in [1.54, 1.807) is 24.3 Å². The third kappa shape index (κ3) is 5.74. The lowest BCUT2D eigenvalue weighted by Crippen LogP contribution is -2.35. The summed E-state index contributed by atoms with van der Waals surface area (Å²) in [7, 11) is 0. The Kier molecular flexibility index (Phi) is 6.43. The number of nitrogens with one attached hydrogen (secondary N) is 1. The molecule has 0 radical (unpaired) electrons. The molecule has 2 aliphatic rings. The predicted octanol–water partition coefficient (Wildman–Crippen LogP) is 4.48. The second-order valence-electron chi connectivity index (χ2n) is 8.55. The topological polar surface area (TPSA) is 58.1 Å². The van der Waals surface area contributed by atoms with E-state index in [4.69, 9.17) is 0 Å². The third-order valence-corrected chi connectivity index (χ3v) is 6.19. The number of carbonyl (C=O) groups is 1. The molecule has 1 aromatic carbocycles. The molecule has 1 N–H and O–H groups in total. The van der Waals surface area contributed by atoms with Gasteiger partial charge in [-0.25, -0.2) is 0 Å². The summed E-state index contributed by atoms with van der Waals surface area (Å²) in [6, 6.07) is 9.31. The lowest BCUT2D eigenvalue weighted by atomic mass is 9.88. The molecular formula is C23H27F3N4O. The molecule has 1 saturated heterocycles. The van der Waals surface area contributed by atoms with Gasteiger partial charge in [0.15, 0.2) is 11.5 Å². The fourth-order valence-corrected chi connectivity index (χ4v) is 4.15. The van der Waals surface area contributed by atoms with Crippen LogP contribution in [0.15, 0.2) is 36.4 Å². The maximum atomic E-state index is 13.2. The van der Waals surface area contributed by atoms with E-state index in [-0.39, 0.29) is 11.8 Å². The largest absolute Gasteiger partial charge is 0.416 e. The molecule has 5 nitrogen and oxygen atoms in total. The zero-order chi connectivity index (χ0) is 21.8. The Bertz CT molecular complexity index is 888. The molecule has 2 heterocycles. The number of piperidine rings is 1. The third-order valence-electron chi connectivity index (χ3n) is 6.19. The van der Waals surface area contributed by atoms with Crippen LogP contribution in [0.1, 0.15) is 53.7 Å². The number of nitrogens with zero attached hydrogens (tertiary/aromatic N) is 3. The van der Waals surface area contributed by atoms with Crippen molar-refractivity contribution in [2.45, 2.75) is 44.7 Å². The quantitative estimate of drug-likeness (QED) is 0.701. The normalized spacial score (nSPS) is 17.6. The molecule has 1 saturated carbocycles. The molecule has 1 aromatic heterocycles. The van der Waals surface area contributed by atoms with Crippen molar-refractivity contribution in [1.82, 2.24) is 15.5 Å². The smallest absolute Gasteiger partial charge is 0.355 e. The van der Waals surface area contributed by atoms with Crippen LogP contribution in [0.5, 0.6) is 0 Å². The molecule has 31 heavy (non-hydrogen) atoms. The van der Waals surface area contributed by atoms with Crippen LogP contribution in [0.25, 0.3) is 0 Å². The Hall–Kier alpha value is -2.64. The van der Waals surface area contributed by atoms with E-state index in [9.17, 15) is 18.0 Å². The van der Waals surface area contributed by atoms with Crippen molar-refractivity contribution in [3.8, 4) is 0 Å². The summed E-state index contributed by atoms with van der Waals surface area (Å²) in [6.07, 6.45) is 1.22. The average Bonchev–Trinajstić information content (AvgIpc) is 3.58. The van der Waals surface area contributed by atoms with E-state index in [2.05, 4.69) is 20.4 Å². The molecule has 2 fully saturated rings. The van der Waals surface area contributed by atoms with Crippen LogP contribution in [0.2, 0.25) is 0 Å². The second kappa shape index (κ2) is 9.24. The number of halogens is 3. The van der Waals surface area contributed by atoms with Crippen molar-refractivity contribution in [3.63, 3.8) is 0 Å². The van der Waals surface area contributed by atoms with Gasteiger partial charge in [0.25, 0.3) is 5.91 Å². The lowest BCUT2D eigenvalue weighted by Gasteiger charge is -2.33. The predicted molar refractivity (Wildman–Crippen MR) is 112 cm³/mol. The van der Waals surface area contributed by atoms with Crippen LogP contribution in [0.3, 0.4) is 0 Å². The number of hydrogen-bond acceptors (Lipinski definition) is 4. The van der Waals surface area contributed by atoms with Gasteiger partial charge in [0.05, 0.1) is 5.56 Å². The first-order valence-corrected chi connectivity index (χ1v) is 10.9. The standard InChI is InChI=1S/C23H27F3N4O/c24-23(25,26)19-4-2-1-3-18(19)15-17-10-13-30(14-11-17)21-8-7-20(28-29-21)22(31)27-12-9-16-5-6-16/h1-4,7-8,16-17H,5-6,9-15H2,(H,27,31). The molecular weight excluding hydrogens is 405 g/mol. The summed E-state index contributed by atoms with van der Waals surface area (Å²) in [5.41, 5.74) is 0.137. The molecule has 166 valence electrons. The van der Waals surface area contributed by atoms with Crippen molar-refractivity contribution in [2.75, 3.05) is 24.5 Å². The lowest BCUT2D eigenvalue weighted by molar-refractivity contribution is -0.138. The fourth-order valence-electron chi connectivity index (χ4n) is 4.15. The highest BCUT2D eigenvalue weighted by Crippen LogP contribution is 2.34. The molecule has 8 heteroatoms. The first kappa shape index (κ1) is 21.6. The Labute approximate surface area is 180 Å². The van der Waals surface area contributed by atoms with Gasteiger partial charge < -0.3 is 10.2 Å². The van der Waals surface area contributed by atoms with Crippen LogP contribution < -0.4 is 10.2 Å².